The van der Waals surface area contributed by atoms with Crippen molar-refractivity contribution >= 4 is 11.6 Å². The Morgan fingerprint density at radius 2 is 1.88 bits per heavy atom. The van der Waals surface area contributed by atoms with E-state index in [9.17, 15) is 4.39 Å². The van der Waals surface area contributed by atoms with Crippen LogP contribution in [0.15, 0.2) is 30.7 Å². The summed E-state index contributed by atoms with van der Waals surface area (Å²) in [7, 11) is 1.62. The van der Waals surface area contributed by atoms with Crippen LogP contribution in [-0.2, 0) is 0 Å². The predicted molar refractivity (Wildman–Crippen MR) is 93.5 cm³/mol. The SMILES string of the molecule is COc1cc(N(C2CC2)C2CCN(c3ncccc3F)CC2)ncn1. The van der Waals surface area contributed by atoms with Gasteiger partial charge in [0.05, 0.1) is 7.11 Å². The van der Waals surface area contributed by atoms with Crippen LogP contribution in [0.1, 0.15) is 25.7 Å². The van der Waals surface area contributed by atoms with Gasteiger partial charge in [-0.05, 0) is 37.8 Å². The van der Waals surface area contributed by atoms with Crippen molar-refractivity contribution < 1.29 is 9.13 Å². The quantitative estimate of drug-likeness (QED) is 0.832. The largest absolute Gasteiger partial charge is 0.481 e. The molecule has 0 radical (unpaired) electrons. The first-order chi connectivity index (χ1) is 12.3. The van der Waals surface area contributed by atoms with Crippen LogP contribution < -0.4 is 14.5 Å². The fraction of sp³-hybridized carbons (Fsp3) is 0.500. The summed E-state index contributed by atoms with van der Waals surface area (Å²) in [6.45, 7) is 1.59. The first-order valence-corrected chi connectivity index (χ1v) is 8.76. The number of hydrogen-bond donors (Lipinski definition) is 0. The maximum absolute atomic E-state index is 14.0. The molecule has 0 N–H and O–H groups in total. The summed E-state index contributed by atoms with van der Waals surface area (Å²) >= 11 is 0. The second-order valence-corrected chi connectivity index (χ2v) is 6.58. The Kier molecular flexibility index (Phi) is 4.38. The van der Waals surface area contributed by atoms with Crippen molar-refractivity contribution in [1.82, 2.24) is 15.0 Å². The molecule has 7 heteroatoms. The average molecular weight is 343 g/mol. The van der Waals surface area contributed by atoms with E-state index in [0.29, 0.717) is 23.8 Å². The number of anilines is 2. The molecule has 0 bridgehead atoms. The second-order valence-electron chi connectivity index (χ2n) is 6.58. The highest BCUT2D eigenvalue weighted by Crippen LogP contribution is 2.36. The number of ether oxygens (including phenoxy) is 1. The van der Waals surface area contributed by atoms with Gasteiger partial charge in [-0.2, -0.15) is 0 Å². The van der Waals surface area contributed by atoms with Crippen molar-refractivity contribution in [1.29, 1.82) is 0 Å². The van der Waals surface area contributed by atoms with Crippen LogP contribution in [0.2, 0.25) is 0 Å². The van der Waals surface area contributed by atoms with Crippen LogP contribution in [0.25, 0.3) is 0 Å². The van der Waals surface area contributed by atoms with Crippen molar-refractivity contribution in [2.24, 2.45) is 0 Å². The molecule has 0 unspecified atom stereocenters. The number of hydrogen-bond acceptors (Lipinski definition) is 6. The van der Waals surface area contributed by atoms with Crippen molar-refractivity contribution in [3.63, 3.8) is 0 Å². The Hall–Kier alpha value is -2.44. The molecule has 1 aliphatic heterocycles. The third-order valence-corrected chi connectivity index (χ3v) is 4.94. The van der Waals surface area contributed by atoms with E-state index in [-0.39, 0.29) is 5.82 Å². The first-order valence-electron chi connectivity index (χ1n) is 8.76. The normalized spacial score (nSPS) is 18.2. The van der Waals surface area contributed by atoms with E-state index in [1.807, 2.05) is 11.0 Å². The second kappa shape index (κ2) is 6.82. The van der Waals surface area contributed by atoms with Gasteiger partial charge in [0, 0.05) is 37.4 Å². The van der Waals surface area contributed by atoms with Gasteiger partial charge in [-0.1, -0.05) is 0 Å². The van der Waals surface area contributed by atoms with E-state index in [1.54, 1.807) is 25.7 Å². The van der Waals surface area contributed by atoms with E-state index < -0.39 is 0 Å². The maximum Gasteiger partial charge on any atom is 0.218 e. The molecule has 1 aliphatic carbocycles. The van der Waals surface area contributed by atoms with Gasteiger partial charge in [0.1, 0.15) is 12.1 Å². The molecule has 0 aromatic carbocycles. The third kappa shape index (κ3) is 3.36. The first kappa shape index (κ1) is 16.1. The molecule has 0 spiro atoms. The van der Waals surface area contributed by atoms with Gasteiger partial charge in [-0.25, -0.2) is 19.3 Å². The number of nitrogens with zero attached hydrogens (tertiary/aromatic N) is 5. The molecule has 2 fully saturated rings. The molecule has 132 valence electrons. The number of methoxy groups -OCH3 is 1. The molecule has 0 atom stereocenters. The predicted octanol–water partition coefficient (Wildman–Crippen LogP) is 2.66. The number of rotatable bonds is 5. The molecular weight excluding hydrogens is 321 g/mol. The zero-order valence-corrected chi connectivity index (χ0v) is 14.3. The van der Waals surface area contributed by atoms with Gasteiger partial charge < -0.3 is 14.5 Å². The molecule has 25 heavy (non-hydrogen) atoms. The molecule has 1 saturated carbocycles. The summed E-state index contributed by atoms with van der Waals surface area (Å²) in [5.74, 6) is 1.73. The summed E-state index contributed by atoms with van der Waals surface area (Å²) < 4.78 is 19.2. The minimum absolute atomic E-state index is 0.250. The van der Waals surface area contributed by atoms with Gasteiger partial charge in [0.25, 0.3) is 0 Å². The molecule has 1 saturated heterocycles. The Labute approximate surface area is 146 Å². The zero-order chi connectivity index (χ0) is 17.2. The lowest BCUT2D eigenvalue weighted by molar-refractivity contribution is 0.395. The smallest absolute Gasteiger partial charge is 0.218 e. The highest BCUT2D eigenvalue weighted by atomic mass is 19.1. The lowest BCUT2D eigenvalue weighted by atomic mass is 10.0. The molecular formula is C18H22FN5O. The molecule has 2 aromatic heterocycles. The summed E-state index contributed by atoms with van der Waals surface area (Å²) in [4.78, 5) is 17.2. The Bertz CT molecular complexity index is 731. The summed E-state index contributed by atoms with van der Waals surface area (Å²) in [6, 6.07) is 5.95. The Balaban J connectivity index is 1.49. The lowest BCUT2D eigenvalue weighted by Crippen LogP contribution is -2.46. The van der Waals surface area contributed by atoms with Crippen LogP contribution in [0.5, 0.6) is 5.88 Å². The van der Waals surface area contributed by atoms with E-state index in [4.69, 9.17) is 4.74 Å². The number of halogens is 1. The molecule has 3 heterocycles. The summed E-state index contributed by atoms with van der Waals surface area (Å²) in [5, 5.41) is 0. The van der Waals surface area contributed by atoms with Crippen LogP contribution in [-0.4, -0.2) is 47.2 Å². The number of piperidine rings is 1. The van der Waals surface area contributed by atoms with Crippen LogP contribution in [0.3, 0.4) is 0 Å². The summed E-state index contributed by atoms with van der Waals surface area (Å²) in [5.41, 5.74) is 0. The fourth-order valence-corrected chi connectivity index (χ4v) is 3.57. The Morgan fingerprint density at radius 3 is 2.56 bits per heavy atom. The van der Waals surface area contributed by atoms with Crippen LogP contribution in [0.4, 0.5) is 16.0 Å². The molecule has 2 aliphatic rings. The minimum atomic E-state index is -0.250. The summed E-state index contributed by atoms with van der Waals surface area (Å²) in [6.07, 6.45) is 7.51. The monoisotopic (exact) mass is 343 g/mol. The third-order valence-electron chi connectivity index (χ3n) is 4.94. The molecule has 2 aromatic rings. The van der Waals surface area contributed by atoms with Gasteiger partial charge >= 0.3 is 0 Å². The van der Waals surface area contributed by atoms with Crippen LogP contribution >= 0.6 is 0 Å². The van der Waals surface area contributed by atoms with E-state index >= 15 is 0 Å². The zero-order valence-electron chi connectivity index (χ0n) is 14.3. The molecule has 6 nitrogen and oxygen atoms in total. The van der Waals surface area contributed by atoms with Gasteiger partial charge in [-0.3, -0.25) is 0 Å². The highest BCUT2D eigenvalue weighted by molar-refractivity contribution is 5.46. The minimum Gasteiger partial charge on any atom is -0.481 e. The van der Waals surface area contributed by atoms with Crippen molar-refractivity contribution in [2.45, 2.75) is 37.8 Å². The molecule has 4 rings (SSSR count). The van der Waals surface area contributed by atoms with Crippen molar-refractivity contribution in [2.75, 3.05) is 30.0 Å². The molecule has 0 amide bonds. The van der Waals surface area contributed by atoms with Gasteiger partial charge in [0.2, 0.25) is 5.88 Å². The number of aromatic nitrogens is 3. The topological polar surface area (TPSA) is 54.4 Å². The van der Waals surface area contributed by atoms with Crippen LogP contribution in [0, 0.1) is 5.82 Å². The highest BCUT2D eigenvalue weighted by Gasteiger charge is 2.37. The van der Waals surface area contributed by atoms with Crippen molar-refractivity contribution in [3.05, 3.63) is 36.5 Å². The van der Waals surface area contributed by atoms with E-state index in [2.05, 4.69) is 19.9 Å². The lowest BCUT2D eigenvalue weighted by Gasteiger charge is -2.39. The fourth-order valence-electron chi connectivity index (χ4n) is 3.57. The Morgan fingerprint density at radius 1 is 1.12 bits per heavy atom. The van der Waals surface area contributed by atoms with Gasteiger partial charge in [-0.15, -0.1) is 0 Å². The number of pyridine rings is 1. The average Bonchev–Trinajstić information content (AvgIpc) is 3.48. The van der Waals surface area contributed by atoms with E-state index in [1.165, 1.54) is 18.9 Å². The standard InChI is InChI=1S/C18H22FN5O/c1-25-17-11-16(21-12-22-17)24(13-4-5-13)14-6-9-23(10-7-14)18-15(19)3-2-8-20-18/h2-3,8,11-14H,4-7,9-10H2,1H3. The van der Waals surface area contributed by atoms with Gasteiger partial charge in [0.15, 0.2) is 11.6 Å². The van der Waals surface area contributed by atoms with Crippen molar-refractivity contribution in [3.8, 4) is 5.88 Å². The maximum atomic E-state index is 14.0. The van der Waals surface area contributed by atoms with E-state index in [0.717, 1.165) is 31.7 Å².